The van der Waals surface area contributed by atoms with Gasteiger partial charge in [0.25, 0.3) is 11.5 Å². The molecular weight excluding hydrogens is 379 g/mol. The Labute approximate surface area is 124 Å². The van der Waals surface area contributed by atoms with Gasteiger partial charge in [0.05, 0.1) is 0 Å². The monoisotopic (exact) mass is 386 g/mol. The number of carbonyl (C=O) groups excluding carboxylic acids is 1. The van der Waals surface area contributed by atoms with Crippen molar-refractivity contribution >= 4 is 34.2 Å². The minimum atomic E-state index is -0.939. The van der Waals surface area contributed by atoms with Crippen molar-refractivity contribution in [3.63, 3.8) is 0 Å². The maximum atomic E-state index is 11.7. The van der Waals surface area contributed by atoms with Crippen LogP contribution in [-0.4, -0.2) is 21.0 Å². The molecule has 0 aliphatic carbocycles. The first-order valence-corrected chi connectivity index (χ1v) is 6.32. The van der Waals surface area contributed by atoms with Crippen molar-refractivity contribution in [2.24, 2.45) is 10.2 Å². The lowest BCUT2D eigenvalue weighted by atomic mass is 10.2. The molecule has 2 rings (SSSR count). The summed E-state index contributed by atoms with van der Waals surface area (Å²) in [6.45, 7) is 0. The van der Waals surface area contributed by atoms with Crippen LogP contribution in [0.1, 0.15) is 10.4 Å². The lowest BCUT2D eigenvalue weighted by Gasteiger charge is -1.96. The minimum absolute atomic E-state index is 0.293. The number of nitrogens with one attached hydrogen (secondary N) is 2. The second kappa shape index (κ2) is 5.77. The Morgan fingerprint density at radius 3 is 2.65 bits per heavy atom. The highest BCUT2D eigenvalue weighted by Crippen LogP contribution is 2.16. The molecule has 0 aliphatic rings. The number of benzene rings is 1. The average molecular weight is 386 g/mol. The number of aromatic hydroxyl groups is 1. The summed E-state index contributed by atoms with van der Waals surface area (Å²) in [5.41, 5.74) is -2.06. The van der Waals surface area contributed by atoms with Crippen LogP contribution in [0.3, 0.4) is 0 Å². The van der Waals surface area contributed by atoms with Crippen molar-refractivity contribution < 1.29 is 9.90 Å². The van der Waals surface area contributed by atoms with Crippen molar-refractivity contribution in [1.29, 1.82) is 0 Å². The Morgan fingerprint density at radius 1 is 1.25 bits per heavy atom. The van der Waals surface area contributed by atoms with Crippen LogP contribution < -0.4 is 11.2 Å². The highest BCUT2D eigenvalue weighted by Gasteiger charge is 2.09. The second-order valence-corrected chi connectivity index (χ2v) is 4.87. The molecule has 3 N–H and O–H groups in total. The van der Waals surface area contributed by atoms with E-state index in [-0.39, 0.29) is 0 Å². The summed E-state index contributed by atoms with van der Waals surface area (Å²) in [5, 5.41) is 16.1. The van der Waals surface area contributed by atoms with Gasteiger partial charge in [0, 0.05) is 9.13 Å². The topological polar surface area (TPSA) is 128 Å². The first kappa shape index (κ1) is 14.1. The maximum Gasteiger partial charge on any atom is 0.328 e. The zero-order valence-corrected chi connectivity index (χ0v) is 11.9. The standard InChI is InChI=1S/C11H7IN4O4/c12-6-3-1-2-5(4-6)8(17)16-15-7-9(18)13-11(20)14-10(7)19/h1-4H,(H3,13,14,18,19,20). The first-order valence-electron chi connectivity index (χ1n) is 5.24. The average Bonchev–Trinajstić information content (AvgIpc) is 2.37. The highest BCUT2D eigenvalue weighted by atomic mass is 127. The van der Waals surface area contributed by atoms with E-state index in [4.69, 9.17) is 0 Å². The normalized spacial score (nSPS) is 10.8. The molecule has 0 spiro atoms. The second-order valence-electron chi connectivity index (χ2n) is 3.62. The molecule has 102 valence electrons. The van der Waals surface area contributed by atoms with Crippen molar-refractivity contribution in [2.45, 2.75) is 0 Å². The fourth-order valence-electron chi connectivity index (χ4n) is 1.34. The van der Waals surface area contributed by atoms with Crippen molar-refractivity contribution in [3.05, 3.63) is 54.2 Å². The van der Waals surface area contributed by atoms with Crippen LogP contribution in [0.25, 0.3) is 0 Å². The molecule has 1 heterocycles. The van der Waals surface area contributed by atoms with Crippen molar-refractivity contribution in [2.75, 3.05) is 0 Å². The zero-order chi connectivity index (χ0) is 14.7. The Kier molecular flexibility index (Phi) is 4.08. The van der Waals surface area contributed by atoms with E-state index in [1.165, 1.54) is 0 Å². The van der Waals surface area contributed by atoms with E-state index in [0.717, 1.165) is 3.57 Å². The third-order valence-electron chi connectivity index (χ3n) is 2.21. The number of halogens is 1. The molecule has 0 bridgehead atoms. The lowest BCUT2D eigenvalue weighted by Crippen LogP contribution is -2.21. The number of rotatable bonds is 2. The Balaban J connectivity index is 2.33. The van der Waals surface area contributed by atoms with Gasteiger partial charge >= 0.3 is 5.69 Å². The molecule has 2 aromatic rings. The molecule has 0 radical (unpaired) electrons. The maximum absolute atomic E-state index is 11.7. The van der Waals surface area contributed by atoms with E-state index < -0.39 is 28.7 Å². The molecule has 0 fully saturated rings. The third-order valence-corrected chi connectivity index (χ3v) is 2.88. The van der Waals surface area contributed by atoms with Gasteiger partial charge in [0.1, 0.15) is 0 Å². The molecule has 0 atom stereocenters. The van der Waals surface area contributed by atoms with E-state index in [1.54, 1.807) is 24.3 Å². The number of azo groups is 1. The molecule has 20 heavy (non-hydrogen) atoms. The number of hydrogen-bond acceptors (Lipinski definition) is 5. The SMILES string of the molecule is O=C(N=Nc1c(O)[nH]c(=O)[nH]c1=O)c1cccc(I)c1. The van der Waals surface area contributed by atoms with Gasteiger partial charge in [-0.25, -0.2) is 4.79 Å². The summed E-state index contributed by atoms with van der Waals surface area (Å²) in [5.74, 6) is -1.42. The quantitative estimate of drug-likeness (QED) is 0.531. The third kappa shape index (κ3) is 3.17. The summed E-state index contributed by atoms with van der Waals surface area (Å²) in [7, 11) is 0. The summed E-state index contributed by atoms with van der Waals surface area (Å²) < 4.78 is 0.841. The molecule has 0 unspecified atom stereocenters. The smallest absolute Gasteiger partial charge is 0.328 e. The largest absolute Gasteiger partial charge is 0.493 e. The number of aromatic nitrogens is 2. The van der Waals surface area contributed by atoms with E-state index in [2.05, 4.69) is 10.2 Å². The molecule has 0 saturated carbocycles. The number of aromatic amines is 2. The molecule has 0 saturated heterocycles. The van der Waals surface area contributed by atoms with Crippen LogP contribution in [0, 0.1) is 3.57 Å². The molecule has 1 aromatic carbocycles. The number of hydrogen-bond donors (Lipinski definition) is 3. The summed E-state index contributed by atoms with van der Waals surface area (Å²) in [6, 6.07) is 6.61. The summed E-state index contributed by atoms with van der Waals surface area (Å²) in [4.78, 5) is 37.7. The van der Waals surface area contributed by atoms with Gasteiger partial charge < -0.3 is 5.11 Å². The Bertz CT molecular complexity index is 809. The summed E-state index contributed by atoms with van der Waals surface area (Å²) in [6.07, 6.45) is 0. The van der Waals surface area contributed by atoms with Gasteiger partial charge in [-0.05, 0) is 40.8 Å². The zero-order valence-electron chi connectivity index (χ0n) is 9.75. The predicted molar refractivity (Wildman–Crippen MR) is 77.4 cm³/mol. The van der Waals surface area contributed by atoms with Crippen molar-refractivity contribution in [3.8, 4) is 5.88 Å². The number of H-pyrrole nitrogens is 2. The molecule has 8 nitrogen and oxygen atoms in total. The van der Waals surface area contributed by atoms with Crippen LogP contribution in [0.5, 0.6) is 5.88 Å². The first-order chi connectivity index (χ1) is 9.47. The number of amides is 1. The van der Waals surface area contributed by atoms with E-state index in [1.807, 2.05) is 32.6 Å². The van der Waals surface area contributed by atoms with E-state index in [0.29, 0.717) is 5.56 Å². The number of carbonyl (C=O) groups is 1. The lowest BCUT2D eigenvalue weighted by molar-refractivity contribution is 0.0995. The van der Waals surface area contributed by atoms with Crippen LogP contribution in [-0.2, 0) is 0 Å². The van der Waals surface area contributed by atoms with Crippen molar-refractivity contribution in [1.82, 2.24) is 9.97 Å². The molecule has 0 aliphatic heterocycles. The Hall–Kier alpha value is -2.30. The fraction of sp³-hybridized carbons (Fsp3) is 0. The van der Waals surface area contributed by atoms with Gasteiger partial charge in [-0.3, -0.25) is 19.6 Å². The Morgan fingerprint density at radius 2 is 2.00 bits per heavy atom. The number of nitrogens with zero attached hydrogens (tertiary/aromatic N) is 2. The van der Waals surface area contributed by atoms with Crippen LogP contribution in [0.2, 0.25) is 0 Å². The fourth-order valence-corrected chi connectivity index (χ4v) is 1.88. The minimum Gasteiger partial charge on any atom is -0.493 e. The molecular formula is C11H7IN4O4. The molecule has 1 aromatic heterocycles. The van der Waals surface area contributed by atoms with Crippen LogP contribution in [0.4, 0.5) is 5.69 Å². The van der Waals surface area contributed by atoms with Gasteiger partial charge in [0.2, 0.25) is 11.6 Å². The van der Waals surface area contributed by atoms with Gasteiger partial charge in [0.15, 0.2) is 0 Å². The van der Waals surface area contributed by atoms with Gasteiger partial charge in [-0.2, -0.15) is 0 Å². The predicted octanol–water partition coefficient (Wildman–Crippen LogP) is 1.30. The van der Waals surface area contributed by atoms with Gasteiger partial charge in [-0.1, -0.05) is 6.07 Å². The van der Waals surface area contributed by atoms with Crippen LogP contribution >= 0.6 is 22.6 Å². The molecule has 1 amide bonds. The van der Waals surface area contributed by atoms with E-state index in [9.17, 15) is 19.5 Å². The molecule has 9 heteroatoms. The van der Waals surface area contributed by atoms with Gasteiger partial charge in [-0.15, -0.1) is 10.2 Å². The summed E-state index contributed by atoms with van der Waals surface area (Å²) >= 11 is 2.03. The van der Waals surface area contributed by atoms with E-state index >= 15 is 0 Å². The highest BCUT2D eigenvalue weighted by molar-refractivity contribution is 14.1. The van der Waals surface area contributed by atoms with Crippen LogP contribution in [0.15, 0.2) is 44.1 Å².